The number of nitrogens with zero attached hydrogens (tertiary/aromatic N) is 4. The van der Waals surface area contributed by atoms with Crippen molar-refractivity contribution in [2.24, 2.45) is 0 Å². The van der Waals surface area contributed by atoms with Crippen LogP contribution in [-0.2, 0) is 17.6 Å². The zero-order valence-electron chi connectivity index (χ0n) is 22.0. The summed E-state index contributed by atoms with van der Waals surface area (Å²) in [4.78, 5) is 14.8. The molecule has 1 fully saturated rings. The molecule has 2 aliphatic rings. The van der Waals surface area contributed by atoms with Crippen LogP contribution in [0.15, 0.2) is 88.8 Å². The predicted octanol–water partition coefficient (Wildman–Crippen LogP) is 6.61. The van der Waals surface area contributed by atoms with Gasteiger partial charge in [-0.3, -0.25) is 9.20 Å². The van der Waals surface area contributed by atoms with Gasteiger partial charge in [0.15, 0.2) is 5.16 Å². The zero-order valence-corrected chi connectivity index (χ0v) is 22.8. The SMILES string of the molecule is COc1ccccc1-n1c(=O)c2c(n3c(SCc4ccccc4)nnc13)-c1ccccc1CC21CCCCC1. The molecule has 196 valence electrons. The van der Waals surface area contributed by atoms with Crippen LogP contribution in [0.4, 0.5) is 0 Å². The molecule has 5 aromatic rings. The minimum atomic E-state index is -0.206. The first-order valence-electron chi connectivity index (χ1n) is 13.6. The topological polar surface area (TPSA) is 61.4 Å². The molecule has 1 saturated carbocycles. The summed E-state index contributed by atoms with van der Waals surface area (Å²) < 4.78 is 9.61. The molecule has 3 aromatic carbocycles. The van der Waals surface area contributed by atoms with Gasteiger partial charge in [-0.05, 0) is 42.5 Å². The van der Waals surface area contributed by atoms with Gasteiger partial charge in [-0.25, -0.2) is 4.57 Å². The van der Waals surface area contributed by atoms with E-state index < -0.39 is 0 Å². The third-order valence-corrected chi connectivity index (χ3v) is 9.37. The minimum absolute atomic E-state index is 0.00888. The van der Waals surface area contributed by atoms with E-state index in [2.05, 4.69) is 63.1 Å². The van der Waals surface area contributed by atoms with E-state index in [0.29, 0.717) is 17.2 Å². The van der Waals surface area contributed by atoms with Crippen molar-refractivity contribution >= 4 is 17.5 Å². The summed E-state index contributed by atoms with van der Waals surface area (Å²) in [6.07, 6.45) is 6.38. The molecule has 0 amide bonds. The lowest BCUT2D eigenvalue weighted by atomic mass is 9.62. The largest absolute Gasteiger partial charge is 0.495 e. The quantitative estimate of drug-likeness (QED) is 0.238. The molecule has 39 heavy (non-hydrogen) atoms. The molecule has 0 bridgehead atoms. The van der Waals surface area contributed by atoms with Gasteiger partial charge in [-0.2, -0.15) is 0 Å². The highest BCUT2D eigenvalue weighted by Gasteiger charge is 2.44. The molecule has 0 N–H and O–H groups in total. The number of methoxy groups -OCH3 is 1. The standard InChI is InChI=1S/C32H30N4O2S/c1-38-26-17-9-8-16-25(26)35-29(37)27-28(24-15-7-6-14-23(24)20-32(27)18-10-3-11-19-32)36-30(35)33-34-31(36)39-21-22-12-4-2-5-13-22/h2,4-9,12-17H,3,10-11,18-21H2,1H3. The number of ether oxygens (including phenoxy) is 1. The Kier molecular flexibility index (Phi) is 6.04. The third-order valence-electron chi connectivity index (χ3n) is 8.37. The molecule has 0 atom stereocenters. The average Bonchev–Trinajstić information content (AvgIpc) is 3.40. The zero-order chi connectivity index (χ0) is 26.4. The minimum Gasteiger partial charge on any atom is -0.495 e. The van der Waals surface area contributed by atoms with Crippen LogP contribution < -0.4 is 10.3 Å². The van der Waals surface area contributed by atoms with Crippen LogP contribution >= 0.6 is 11.8 Å². The molecule has 0 radical (unpaired) electrons. The lowest BCUT2D eigenvalue weighted by Crippen LogP contribution is -2.43. The van der Waals surface area contributed by atoms with Crippen LogP contribution in [0.1, 0.15) is 48.8 Å². The Bertz CT molecular complexity index is 1730. The van der Waals surface area contributed by atoms with Crippen molar-refractivity contribution in [3.63, 3.8) is 0 Å². The van der Waals surface area contributed by atoms with E-state index in [9.17, 15) is 4.79 Å². The summed E-state index contributed by atoms with van der Waals surface area (Å²) in [5.41, 5.74) is 5.97. The number of hydrogen-bond acceptors (Lipinski definition) is 5. The molecule has 7 heteroatoms. The molecule has 0 saturated heterocycles. The molecule has 0 unspecified atom stereocenters. The maximum absolute atomic E-state index is 14.8. The normalized spacial score (nSPS) is 15.7. The van der Waals surface area contributed by atoms with Crippen LogP contribution in [0.2, 0.25) is 0 Å². The predicted molar refractivity (Wildman–Crippen MR) is 155 cm³/mol. The smallest absolute Gasteiger partial charge is 0.264 e. The number of para-hydroxylation sites is 2. The lowest BCUT2D eigenvalue weighted by molar-refractivity contribution is 0.284. The fourth-order valence-electron chi connectivity index (χ4n) is 6.61. The van der Waals surface area contributed by atoms with E-state index in [1.807, 2.05) is 30.3 Å². The highest BCUT2D eigenvalue weighted by molar-refractivity contribution is 7.98. The highest BCUT2D eigenvalue weighted by atomic mass is 32.2. The number of thioether (sulfide) groups is 1. The van der Waals surface area contributed by atoms with Crippen molar-refractivity contribution in [3.05, 3.63) is 106 Å². The summed E-state index contributed by atoms with van der Waals surface area (Å²) in [7, 11) is 1.64. The van der Waals surface area contributed by atoms with Gasteiger partial charge in [0, 0.05) is 22.3 Å². The monoisotopic (exact) mass is 534 g/mol. The Hall–Kier alpha value is -3.84. The summed E-state index contributed by atoms with van der Waals surface area (Å²) in [5, 5.41) is 10.1. The number of fused-ring (bicyclic) bond motifs is 6. The van der Waals surface area contributed by atoms with Crippen molar-refractivity contribution in [2.45, 2.75) is 54.8 Å². The summed E-state index contributed by atoms with van der Waals surface area (Å²) in [6, 6.07) is 26.7. The van der Waals surface area contributed by atoms with Crippen molar-refractivity contribution in [2.75, 3.05) is 7.11 Å². The van der Waals surface area contributed by atoms with Gasteiger partial charge < -0.3 is 4.74 Å². The maximum Gasteiger partial charge on any atom is 0.264 e. The lowest BCUT2D eigenvalue weighted by Gasteiger charge is -2.42. The number of rotatable bonds is 5. The van der Waals surface area contributed by atoms with Crippen LogP contribution in [0.5, 0.6) is 5.75 Å². The van der Waals surface area contributed by atoms with Crippen LogP contribution in [0.25, 0.3) is 22.7 Å². The second kappa shape index (κ2) is 9.72. The van der Waals surface area contributed by atoms with Crippen molar-refractivity contribution < 1.29 is 4.74 Å². The second-order valence-electron chi connectivity index (χ2n) is 10.6. The van der Waals surface area contributed by atoms with Crippen molar-refractivity contribution in [1.82, 2.24) is 19.2 Å². The van der Waals surface area contributed by atoms with E-state index in [-0.39, 0.29) is 11.0 Å². The molecule has 1 spiro atoms. The Balaban J connectivity index is 1.57. The van der Waals surface area contributed by atoms with Gasteiger partial charge in [0.1, 0.15) is 5.75 Å². The highest BCUT2D eigenvalue weighted by Crippen LogP contribution is 2.50. The molecule has 2 aromatic heterocycles. The first kappa shape index (κ1) is 24.2. The Labute approximate surface area is 231 Å². The molecule has 2 aliphatic carbocycles. The fraction of sp³-hybridized carbons (Fsp3) is 0.281. The van der Waals surface area contributed by atoms with Crippen LogP contribution in [0.3, 0.4) is 0 Å². The molecule has 2 heterocycles. The van der Waals surface area contributed by atoms with E-state index in [0.717, 1.165) is 59.8 Å². The van der Waals surface area contributed by atoms with Gasteiger partial charge >= 0.3 is 0 Å². The van der Waals surface area contributed by atoms with Crippen LogP contribution in [0, 0.1) is 0 Å². The molecular formula is C32H30N4O2S. The number of aromatic nitrogens is 4. The number of benzene rings is 3. The van der Waals surface area contributed by atoms with E-state index in [1.165, 1.54) is 17.5 Å². The molecule has 7 rings (SSSR count). The van der Waals surface area contributed by atoms with Gasteiger partial charge in [-0.15, -0.1) is 10.2 Å². The van der Waals surface area contributed by atoms with E-state index >= 15 is 0 Å². The average molecular weight is 535 g/mol. The first-order chi connectivity index (χ1) is 19.2. The summed E-state index contributed by atoms with van der Waals surface area (Å²) in [5.74, 6) is 1.91. The van der Waals surface area contributed by atoms with Gasteiger partial charge in [-0.1, -0.05) is 97.8 Å². The van der Waals surface area contributed by atoms with E-state index in [1.54, 1.807) is 23.4 Å². The Morgan fingerprint density at radius 2 is 1.64 bits per heavy atom. The van der Waals surface area contributed by atoms with E-state index in [4.69, 9.17) is 4.74 Å². The van der Waals surface area contributed by atoms with Gasteiger partial charge in [0.25, 0.3) is 5.56 Å². The summed E-state index contributed by atoms with van der Waals surface area (Å²) in [6.45, 7) is 0. The Morgan fingerprint density at radius 1 is 0.897 bits per heavy atom. The maximum atomic E-state index is 14.8. The van der Waals surface area contributed by atoms with Crippen LogP contribution in [-0.4, -0.2) is 26.3 Å². The molecular weight excluding hydrogens is 504 g/mol. The number of hydrogen-bond donors (Lipinski definition) is 0. The molecule has 0 aliphatic heterocycles. The summed E-state index contributed by atoms with van der Waals surface area (Å²) >= 11 is 1.65. The first-order valence-corrected chi connectivity index (χ1v) is 14.6. The van der Waals surface area contributed by atoms with Gasteiger partial charge in [0.05, 0.1) is 18.5 Å². The third kappa shape index (κ3) is 3.90. The van der Waals surface area contributed by atoms with Crippen molar-refractivity contribution in [3.8, 4) is 22.7 Å². The van der Waals surface area contributed by atoms with Gasteiger partial charge in [0.2, 0.25) is 5.78 Å². The molecule has 6 nitrogen and oxygen atoms in total. The second-order valence-corrected chi connectivity index (χ2v) is 11.5. The fourth-order valence-corrected chi connectivity index (χ4v) is 7.50. The Morgan fingerprint density at radius 3 is 2.46 bits per heavy atom. The van der Waals surface area contributed by atoms with Crippen molar-refractivity contribution in [1.29, 1.82) is 0 Å².